The number of ether oxygens (including phenoxy) is 1. The fraction of sp³-hybridized carbons (Fsp3) is 0.250. The van der Waals surface area contributed by atoms with Crippen molar-refractivity contribution in [2.45, 2.75) is 6.92 Å². The van der Waals surface area contributed by atoms with Crippen molar-refractivity contribution in [3.8, 4) is 0 Å². The molecule has 0 aromatic carbocycles. The molecule has 0 aliphatic rings. The lowest BCUT2D eigenvalue weighted by Gasteiger charge is -1.99. The van der Waals surface area contributed by atoms with Crippen LogP contribution in [-0.2, 0) is 4.74 Å². The van der Waals surface area contributed by atoms with E-state index >= 15 is 0 Å². The minimum atomic E-state index is -0.440. The molecule has 0 unspecified atom stereocenters. The number of methoxy groups -OCH3 is 1. The van der Waals surface area contributed by atoms with Crippen LogP contribution < -0.4 is 0 Å². The Morgan fingerprint density at radius 1 is 1.50 bits per heavy atom. The van der Waals surface area contributed by atoms with Crippen LogP contribution in [0.15, 0.2) is 12.3 Å². The van der Waals surface area contributed by atoms with Gasteiger partial charge in [-0.05, 0) is 13.0 Å². The molecule has 0 spiro atoms. The molecule has 0 atom stereocenters. The van der Waals surface area contributed by atoms with Gasteiger partial charge >= 0.3 is 5.97 Å². The van der Waals surface area contributed by atoms with E-state index in [4.69, 9.17) is 0 Å². The smallest absolute Gasteiger partial charge is 0.341 e. The first-order valence-corrected chi connectivity index (χ1v) is 3.99. The number of esters is 1. The predicted octanol–water partition coefficient (Wildman–Crippen LogP) is 0.219. The van der Waals surface area contributed by atoms with Crippen molar-refractivity contribution in [2.75, 3.05) is 7.11 Å². The van der Waals surface area contributed by atoms with Gasteiger partial charge in [-0.1, -0.05) is 0 Å². The van der Waals surface area contributed by atoms with Gasteiger partial charge in [0.1, 0.15) is 5.56 Å². The van der Waals surface area contributed by atoms with E-state index < -0.39 is 5.97 Å². The molecular formula is C8H8N4O2. The molecule has 0 fully saturated rings. The second-order valence-electron chi connectivity index (χ2n) is 2.72. The zero-order valence-electron chi connectivity index (χ0n) is 7.76. The van der Waals surface area contributed by atoms with Gasteiger partial charge in [-0.25, -0.2) is 4.79 Å². The predicted molar refractivity (Wildman–Crippen MR) is 46.9 cm³/mol. The summed E-state index contributed by atoms with van der Waals surface area (Å²) in [7, 11) is 1.32. The molecular weight excluding hydrogens is 184 g/mol. The summed E-state index contributed by atoms with van der Waals surface area (Å²) in [6, 6.07) is 1.55. The Kier molecular flexibility index (Phi) is 1.88. The summed E-state index contributed by atoms with van der Waals surface area (Å²) < 4.78 is 6.10. The maximum Gasteiger partial charge on any atom is 0.341 e. The molecule has 2 rings (SSSR count). The van der Waals surface area contributed by atoms with Crippen molar-refractivity contribution < 1.29 is 9.53 Å². The minimum Gasteiger partial charge on any atom is -0.465 e. The van der Waals surface area contributed by atoms with Crippen LogP contribution in [0, 0.1) is 6.92 Å². The fourth-order valence-corrected chi connectivity index (χ4v) is 1.18. The molecule has 2 aromatic heterocycles. The molecule has 2 aromatic rings. The number of rotatable bonds is 1. The van der Waals surface area contributed by atoms with E-state index in [1.54, 1.807) is 13.0 Å². The highest BCUT2D eigenvalue weighted by Gasteiger charge is 2.13. The van der Waals surface area contributed by atoms with Crippen LogP contribution in [0.25, 0.3) is 5.65 Å². The Hall–Kier alpha value is -1.98. The van der Waals surface area contributed by atoms with Crippen LogP contribution in [-0.4, -0.2) is 32.9 Å². The van der Waals surface area contributed by atoms with Gasteiger partial charge < -0.3 is 4.74 Å². The monoisotopic (exact) mass is 192 g/mol. The summed E-state index contributed by atoms with van der Waals surface area (Å²) in [4.78, 5) is 11.3. The summed E-state index contributed by atoms with van der Waals surface area (Å²) in [6.07, 6.45) is 1.51. The first-order chi connectivity index (χ1) is 6.74. The van der Waals surface area contributed by atoms with Crippen molar-refractivity contribution in [2.24, 2.45) is 0 Å². The summed E-state index contributed by atoms with van der Waals surface area (Å²) in [5.74, 6) is 0.190. The average molecular weight is 192 g/mol. The molecule has 0 bridgehead atoms. The Balaban J connectivity index is 2.71. The molecule has 6 heteroatoms. The lowest BCUT2D eigenvalue weighted by atomic mass is 10.3. The second kappa shape index (κ2) is 3.06. The topological polar surface area (TPSA) is 69.4 Å². The number of aromatic nitrogens is 4. The van der Waals surface area contributed by atoms with Gasteiger partial charge in [0, 0.05) is 6.20 Å². The quantitative estimate of drug-likeness (QED) is 0.604. The van der Waals surface area contributed by atoms with Gasteiger partial charge in [-0.15, -0.1) is 10.2 Å². The Labute approximate surface area is 79.5 Å². The molecule has 0 amide bonds. The third-order valence-corrected chi connectivity index (χ3v) is 1.87. The van der Waals surface area contributed by atoms with Gasteiger partial charge in [0.25, 0.3) is 0 Å². The zero-order chi connectivity index (χ0) is 10.1. The highest BCUT2D eigenvalue weighted by atomic mass is 16.5. The van der Waals surface area contributed by atoms with E-state index in [0.29, 0.717) is 17.0 Å². The molecule has 2 heterocycles. The summed E-state index contributed by atoms with van der Waals surface area (Å²) in [5.41, 5.74) is 0.778. The van der Waals surface area contributed by atoms with Gasteiger partial charge in [0.15, 0.2) is 11.5 Å². The fourth-order valence-electron chi connectivity index (χ4n) is 1.18. The van der Waals surface area contributed by atoms with Crippen molar-refractivity contribution in [3.05, 3.63) is 23.7 Å². The summed E-state index contributed by atoms with van der Waals surface area (Å²) >= 11 is 0. The molecule has 0 radical (unpaired) electrons. The highest BCUT2D eigenvalue weighted by molar-refractivity contribution is 5.95. The van der Waals surface area contributed by atoms with E-state index in [1.807, 2.05) is 0 Å². The number of carbonyl (C=O) groups is 1. The third kappa shape index (κ3) is 1.12. The maximum atomic E-state index is 11.3. The van der Waals surface area contributed by atoms with Crippen LogP contribution in [0.3, 0.4) is 0 Å². The third-order valence-electron chi connectivity index (χ3n) is 1.87. The normalized spacial score (nSPS) is 10.4. The lowest BCUT2D eigenvalue weighted by molar-refractivity contribution is 0.0602. The molecule has 0 saturated carbocycles. The molecule has 6 nitrogen and oxygen atoms in total. The number of fused-ring (bicyclic) bond motifs is 1. The number of hydrogen-bond acceptors (Lipinski definition) is 5. The molecule has 0 saturated heterocycles. The molecule has 72 valence electrons. The number of nitrogens with zero attached hydrogens (tertiary/aromatic N) is 4. The molecule has 0 N–H and O–H groups in total. The van der Waals surface area contributed by atoms with E-state index in [1.165, 1.54) is 17.8 Å². The van der Waals surface area contributed by atoms with Crippen LogP contribution in [0.1, 0.15) is 16.2 Å². The number of hydrogen-bond donors (Lipinski definition) is 0. The largest absolute Gasteiger partial charge is 0.465 e. The highest BCUT2D eigenvalue weighted by Crippen LogP contribution is 2.08. The lowest BCUT2D eigenvalue weighted by Crippen LogP contribution is -2.06. The summed E-state index contributed by atoms with van der Waals surface area (Å²) in [5, 5.41) is 11.7. The number of carbonyl (C=O) groups excluding carboxylic acids is 1. The van der Waals surface area contributed by atoms with E-state index in [-0.39, 0.29) is 0 Å². The van der Waals surface area contributed by atoms with Crippen LogP contribution in [0.2, 0.25) is 0 Å². The van der Waals surface area contributed by atoms with E-state index in [2.05, 4.69) is 20.0 Å². The minimum absolute atomic E-state index is 0.364. The van der Waals surface area contributed by atoms with Crippen LogP contribution >= 0.6 is 0 Å². The second-order valence-corrected chi connectivity index (χ2v) is 2.72. The van der Waals surface area contributed by atoms with Crippen LogP contribution in [0.4, 0.5) is 0 Å². The maximum absolute atomic E-state index is 11.3. The summed E-state index contributed by atoms with van der Waals surface area (Å²) in [6.45, 7) is 1.76. The van der Waals surface area contributed by atoms with Crippen molar-refractivity contribution in [1.29, 1.82) is 0 Å². The van der Waals surface area contributed by atoms with Gasteiger partial charge in [0.2, 0.25) is 0 Å². The molecule has 14 heavy (non-hydrogen) atoms. The van der Waals surface area contributed by atoms with Gasteiger partial charge in [-0.2, -0.15) is 9.61 Å². The van der Waals surface area contributed by atoms with E-state index in [0.717, 1.165) is 0 Å². The van der Waals surface area contributed by atoms with Gasteiger partial charge in [0.05, 0.1) is 7.11 Å². The molecule has 0 aliphatic heterocycles. The first-order valence-electron chi connectivity index (χ1n) is 3.99. The van der Waals surface area contributed by atoms with Crippen LogP contribution in [0.5, 0.6) is 0 Å². The number of aryl methyl sites for hydroxylation is 1. The average Bonchev–Trinajstić information content (AvgIpc) is 2.59. The van der Waals surface area contributed by atoms with Crippen molar-refractivity contribution in [3.63, 3.8) is 0 Å². The SMILES string of the molecule is COC(=O)c1ccnn2c(C)nnc12. The Bertz CT molecular complexity index is 491. The van der Waals surface area contributed by atoms with Gasteiger partial charge in [-0.3, -0.25) is 0 Å². The Morgan fingerprint density at radius 2 is 2.29 bits per heavy atom. The van der Waals surface area contributed by atoms with Crippen molar-refractivity contribution in [1.82, 2.24) is 19.8 Å². The van der Waals surface area contributed by atoms with Crippen molar-refractivity contribution >= 4 is 11.6 Å². The van der Waals surface area contributed by atoms with E-state index in [9.17, 15) is 4.79 Å². The Morgan fingerprint density at radius 3 is 3.00 bits per heavy atom. The standard InChI is InChI=1S/C8H8N4O2/c1-5-10-11-7-6(8(13)14-2)3-4-9-12(5)7/h3-4H,1-2H3. The first kappa shape index (κ1) is 8.61. The molecule has 0 aliphatic carbocycles. The zero-order valence-corrected chi connectivity index (χ0v) is 7.76.